The van der Waals surface area contributed by atoms with Gasteiger partial charge in [0.2, 0.25) is 5.95 Å². The predicted molar refractivity (Wildman–Crippen MR) is 70.1 cm³/mol. The number of hydrogen-bond acceptors (Lipinski definition) is 4. The Morgan fingerprint density at radius 3 is 3.12 bits per heavy atom. The molecule has 2 aromatic rings. The van der Waals surface area contributed by atoms with Gasteiger partial charge in [0.25, 0.3) is 0 Å². The van der Waals surface area contributed by atoms with E-state index in [4.69, 9.17) is 5.11 Å². The van der Waals surface area contributed by atoms with Gasteiger partial charge in [0.15, 0.2) is 5.65 Å². The molecule has 1 unspecified atom stereocenters. The van der Waals surface area contributed by atoms with Crippen molar-refractivity contribution in [1.82, 2.24) is 14.6 Å². The van der Waals surface area contributed by atoms with Gasteiger partial charge in [0.1, 0.15) is 0 Å². The number of halogens is 1. The number of pyridine rings is 1. The minimum Gasteiger partial charge on any atom is -0.393 e. The average molecular weight is 299 g/mol. The van der Waals surface area contributed by atoms with Crippen molar-refractivity contribution in [2.45, 2.75) is 25.9 Å². The Hall–Kier alpha value is -1.14. The van der Waals surface area contributed by atoms with Crippen molar-refractivity contribution >= 4 is 27.5 Å². The normalized spacial score (nSPS) is 12.9. The molecule has 0 saturated heterocycles. The number of aliphatic hydroxyl groups excluding tert-OH is 1. The fourth-order valence-electron chi connectivity index (χ4n) is 1.53. The number of fused-ring (bicyclic) bond motifs is 1. The van der Waals surface area contributed by atoms with Crippen molar-refractivity contribution in [1.29, 1.82) is 0 Å². The highest BCUT2D eigenvalue weighted by Gasteiger charge is 2.03. The molecule has 2 aromatic heterocycles. The highest BCUT2D eigenvalue weighted by Crippen LogP contribution is 2.12. The summed E-state index contributed by atoms with van der Waals surface area (Å²) in [4.78, 5) is 4.33. The van der Waals surface area contributed by atoms with Crippen LogP contribution >= 0.6 is 15.9 Å². The molecule has 0 aliphatic rings. The topological polar surface area (TPSA) is 62.5 Å². The third-order valence-electron chi connectivity index (χ3n) is 2.38. The maximum absolute atomic E-state index is 9.13. The number of aromatic nitrogens is 3. The van der Waals surface area contributed by atoms with Gasteiger partial charge in [-0.2, -0.15) is 4.98 Å². The Morgan fingerprint density at radius 2 is 2.35 bits per heavy atom. The molecule has 0 bridgehead atoms. The largest absolute Gasteiger partial charge is 0.393 e. The number of nitrogens with zero attached hydrogens (tertiary/aromatic N) is 3. The zero-order valence-corrected chi connectivity index (χ0v) is 11.2. The summed E-state index contributed by atoms with van der Waals surface area (Å²) in [5, 5.41) is 16.6. The smallest absolute Gasteiger partial charge is 0.243 e. The van der Waals surface area contributed by atoms with Gasteiger partial charge >= 0.3 is 0 Å². The van der Waals surface area contributed by atoms with Gasteiger partial charge in [0.05, 0.1) is 6.10 Å². The maximum atomic E-state index is 9.13. The molecule has 5 nitrogen and oxygen atoms in total. The molecule has 0 fully saturated rings. The Labute approximate surface area is 108 Å². The minimum atomic E-state index is -0.248. The van der Waals surface area contributed by atoms with Crippen LogP contribution in [0.2, 0.25) is 0 Å². The summed E-state index contributed by atoms with van der Waals surface area (Å²) in [7, 11) is 0. The van der Waals surface area contributed by atoms with E-state index >= 15 is 0 Å². The monoisotopic (exact) mass is 298 g/mol. The summed E-state index contributed by atoms with van der Waals surface area (Å²) >= 11 is 3.38. The van der Waals surface area contributed by atoms with E-state index in [0.717, 1.165) is 29.5 Å². The minimum absolute atomic E-state index is 0.248. The highest BCUT2D eigenvalue weighted by molar-refractivity contribution is 9.10. The quantitative estimate of drug-likeness (QED) is 0.830. The van der Waals surface area contributed by atoms with Gasteiger partial charge in [-0.25, -0.2) is 4.52 Å². The molecular weight excluding hydrogens is 284 g/mol. The van der Waals surface area contributed by atoms with Gasteiger partial charge in [-0.05, 0) is 47.8 Å². The van der Waals surface area contributed by atoms with E-state index in [9.17, 15) is 0 Å². The van der Waals surface area contributed by atoms with Crippen molar-refractivity contribution in [3.05, 3.63) is 22.8 Å². The van der Waals surface area contributed by atoms with Crippen LogP contribution in [0.25, 0.3) is 5.65 Å². The summed E-state index contributed by atoms with van der Waals surface area (Å²) in [5.74, 6) is 0.619. The number of anilines is 1. The van der Waals surface area contributed by atoms with E-state index in [2.05, 4.69) is 31.3 Å². The number of hydrogen-bond donors (Lipinski definition) is 2. The second-order valence-electron chi connectivity index (χ2n) is 4.00. The molecule has 6 heteroatoms. The lowest BCUT2D eigenvalue weighted by molar-refractivity contribution is 0.183. The van der Waals surface area contributed by atoms with E-state index in [1.807, 2.05) is 18.3 Å². The number of nitrogens with one attached hydrogen (secondary N) is 1. The van der Waals surface area contributed by atoms with Crippen LogP contribution < -0.4 is 5.32 Å². The second-order valence-corrected chi connectivity index (χ2v) is 4.92. The van der Waals surface area contributed by atoms with Crippen LogP contribution in [0, 0.1) is 0 Å². The third-order valence-corrected chi connectivity index (χ3v) is 2.85. The van der Waals surface area contributed by atoms with E-state index in [1.54, 1.807) is 11.4 Å². The van der Waals surface area contributed by atoms with Crippen LogP contribution in [0.1, 0.15) is 19.8 Å². The van der Waals surface area contributed by atoms with Gasteiger partial charge in [-0.1, -0.05) is 0 Å². The van der Waals surface area contributed by atoms with Crippen molar-refractivity contribution < 1.29 is 5.11 Å². The zero-order valence-electron chi connectivity index (χ0n) is 9.60. The SMILES string of the molecule is CC(O)CCCNc1nc2ccc(Br)cn2n1. The Balaban J connectivity index is 1.95. The van der Waals surface area contributed by atoms with Gasteiger partial charge in [-0.3, -0.25) is 0 Å². The molecule has 0 aromatic carbocycles. The first-order valence-corrected chi connectivity index (χ1v) is 6.38. The second kappa shape index (κ2) is 5.46. The molecule has 2 rings (SSSR count). The maximum Gasteiger partial charge on any atom is 0.243 e. The molecule has 1 atom stereocenters. The molecule has 2 N–H and O–H groups in total. The summed E-state index contributed by atoms with van der Waals surface area (Å²) in [5.41, 5.74) is 0.811. The molecule has 0 aliphatic heterocycles. The zero-order chi connectivity index (χ0) is 12.3. The molecule has 17 heavy (non-hydrogen) atoms. The Bertz CT molecular complexity index is 497. The molecule has 0 saturated carbocycles. The predicted octanol–water partition coefficient (Wildman–Crippen LogP) is 2.06. The van der Waals surface area contributed by atoms with Crippen LogP contribution in [0.3, 0.4) is 0 Å². The summed E-state index contributed by atoms with van der Waals surface area (Å²) in [6.45, 7) is 2.56. The van der Waals surface area contributed by atoms with Gasteiger partial charge < -0.3 is 10.4 Å². The van der Waals surface area contributed by atoms with Crippen LogP contribution in [0.4, 0.5) is 5.95 Å². The van der Waals surface area contributed by atoms with Crippen molar-refractivity contribution in [2.75, 3.05) is 11.9 Å². The standard InChI is InChI=1S/C11H15BrN4O/c1-8(17)3-2-6-13-11-14-10-5-4-9(12)7-16(10)15-11/h4-5,7-8,17H,2-3,6H2,1H3,(H,13,15). The lowest BCUT2D eigenvalue weighted by Crippen LogP contribution is -2.07. The van der Waals surface area contributed by atoms with Crippen LogP contribution in [-0.2, 0) is 0 Å². The highest BCUT2D eigenvalue weighted by atomic mass is 79.9. The fraction of sp³-hybridized carbons (Fsp3) is 0.455. The molecule has 0 radical (unpaired) electrons. The lowest BCUT2D eigenvalue weighted by Gasteiger charge is -2.03. The van der Waals surface area contributed by atoms with Crippen molar-refractivity contribution in [3.63, 3.8) is 0 Å². The van der Waals surface area contributed by atoms with Gasteiger partial charge in [-0.15, -0.1) is 5.10 Å². The van der Waals surface area contributed by atoms with E-state index < -0.39 is 0 Å². The molecular formula is C11H15BrN4O. The summed E-state index contributed by atoms with van der Waals surface area (Å²) in [6.07, 6.45) is 3.30. The fourth-order valence-corrected chi connectivity index (χ4v) is 1.86. The summed E-state index contributed by atoms with van der Waals surface area (Å²) < 4.78 is 2.69. The van der Waals surface area contributed by atoms with E-state index in [1.165, 1.54) is 0 Å². The molecule has 2 heterocycles. The van der Waals surface area contributed by atoms with Crippen LogP contribution in [0.15, 0.2) is 22.8 Å². The van der Waals surface area contributed by atoms with Crippen molar-refractivity contribution in [3.8, 4) is 0 Å². The Kier molecular flexibility index (Phi) is 3.96. The molecule has 0 aliphatic carbocycles. The van der Waals surface area contributed by atoms with Gasteiger partial charge in [0, 0.05) is 17.2 Å². The molecule has 0 amide bonds. The number of aliphatic hydroxyl groups is 1. The van der Waals surface area contributed by atoms with E-state index in [-0.39, 0.29) is 6.10 Å². The first-order valence-electron chi connectivity index (χ1n) is 5.59. The number of rotatable bonds is 5. The third kappa shape index (κ3) is 3.41. The van der Waals surface area contributed by atoms with Crippen LogP contribution in [-0.4, -0.2) is 32.4 Å². The average Bonchev–Trinajstić information content (AvgIpc) is 2.66. The molecule has 92 valence electrons. The molecule has 0 spiro atoms. The summed E-state index contributed by atoms with van der Waals surface area (Å²) in [6, 6.07) is 3.83. The van der Waals surface area contributed by atoms with Crippen molar-refractivity contribution in [2.24, 2.45) is 0 Å². The Morgan fingerprint density at radius 1 is 1.53 bits per heavy atom. The lowest BCUT2D eigenvalue weighted by atomic mass is 10.2. The van der Waals surface area contributed by atoms with Crippen LogP contribution in [0.5, 0.6) is 0 Å². The first kappa shape index (κ1) is 12.3. The van der Waals surface area contributed by atoms with E-state index in [0.29, 0.717) is 5.95 Å². The first-order chi connectivity index (χ1) is 8.15.